The molecule has 664 valence electrons. The molecule has 7 nitrogen and oxygen atoms in total. The van der Waals surface area contributed by atoms with E-state index in [9.17, 15) is 0 Å². The number of hydrogen-bond acceptors (Lipinski definition) is 10. The Labute approximate surface area is 836 Å². The lowest BCUT2D eigenvalue weighted by molar-refractivity contribution is 0.722. The first-order valence-electron chi connectivity index (χ1n) is 48.1. The van der Waals surface area contributed by atoms with E-state index in [1.807, 2.05) is 71.7 Å². The first-order chi connectivity index (χ1) is 70.4. The highest BCUT2D eigenvalue weighted by Gasteiger charge is 2.55. The van der Waals surface area contributed by atoms with Crippen LogP contribution in [0.2, 0.25) is 0 Å². The van der Waals surface area contributed by atoms with Crippen LogP contribution < -0.4 is 0 Å². The third-order valence-electron chi connectivity index (χ3n) is 29.0. The van der Waals surface area contributed by atoms with Gasteiger partial charge in [-0.1, -0.05) is 490 Å². The number of benzene rings is 20. The van der Waals surface area contributed by atoms with E-state index in [0.29, 0.717) is 17.5 Å². The number of nitrogens with zero attached hydrogens (tertiary/aromatic N) is 7. The van der Waals surface area contributed by atoms with Gasteiger partial charge in [0.1, 0.15) is 0 Å². The molecule has 3 aliphatic carbocycles. The zero-order chi connectivity index (χ0) is 93.8. The molecule has 0 unspecified atom stereocenters. The van der Waals surface area contributed by atoms with E-state index in [1.54, 1.807) is 0 Å². The van der Waals surface area contributed by atoms with E-state index in [0.717, 1.165) is 89.7 Å². The molecule has 3 aliphatic heterocycles. The number of hydrogen-bond donors (Lipinski definition) is 0. The molecule has 10 heteroatoms. The van der Waals surface area contributed by atoms with Crippen LogP contribution in [0.3, 0.4) is 0 Å². The average molecular weight is 1860 g/mol. The molecule has 6 aliphatic rings. The summed E-state index contributed by atoms with van der Waals surface area (Å²) in [4.78, 5) is 44.4. The first-order valence-corrected chi connectivity index (χ1v) is 50.6. The molecule has 142 heavy (non-hydrogen) atoms. The van der Waals surface area contributed by atoms with Crippen LogP contribution in [0, 0.1) is 0 Å². The zero-order valence-corrected chi connectivity index (χ0v) is 79.2. The van der Waals surface area contributed by atoms with E-state index < -0.39 is 16.2 Å². The summed E-state index contributed by atoms with van der Waals surface area (Å²) in [6, 6.07) is 180. The Morgan fingerprint density at radius 1 is 0.148 bits per heavy atom. The summed E-state index contributed by atoms with van der Waals surface area (Å²) >= 11 is 5.60. The molecule has 0 atom stereocenters. The van der Waals surface area contributed by atoms with Gasteiger partial charge in [0.2, 0.25) is 0 Å². The molecular weight excluding hydrogens is 1780 g/mol. The lowest BCUT2D eigenvalue weighted by Gasteiger charge is -2.39. The van der Waals surface area contributed by atoms with Gasteiger partial charge in [0, 0.05) is 79.3 Å². The van der Waals surface area contributed by atoms with Gasteiger partial charge in [0.25, 0.3) is 0 Å². The second-order valence-corrected chi connectivity index (χ2v) is 39.8. The maximum atomic E-state index is 5.36. The summed E-state index contributed by atoms with van der Waals surface area (Å²) in [5.41, 5.74) is 38.3. The van der Waals surface area contributed by atoms with E-state index >= 15 is 0 Å². The van der Waals surface area contributed by atoms with Crippen molar-refractivity contribution < 1.29 is 0 Å². The number of aromatic nitrogens is 7. The molecule has 0 fully saturated rings. The van der Waals surface area contributed by atoms with Crippen LogP contribution in [-0.2, 0) is 16.2 Å². The Morgan fingerprint density at radius 3 is 0.761 bits per heavy atom. The van der Waals surface area contributed by atoms with Crippen LogP contribution in [0.4, 0.5) is 0 Å². The van der Waals surface area contributed by atoms with Gasteiger partial charge >= 0.3 is 0 Å². The van der Waals surface area contributed by atoms with Crippen molar-refractivity contribution in [2.75, 3.05) is 0 Å². The molecule has 20 aromatic carbocycles. The maximum Gasteiger partial charge on any atom is 0.164 e. The highest BCUT2D eigenvalue weighted by molar-refractivity contribution is 8.00. The second kappa shape index (κ2) is 34.8. The van der Waals surface area contributed by atoms with Crippen LogP contribution in [-0.4, -0.2) is 34.9 Å². The van der Waals surface area contributed by atoms with Crippen molar-refractivity contribution in [2.24, 2.45) is 0 Å². The minimum Gasteiger partial charge on any atom is -0.228 e. The largest absolute Gasteiger partial charge is 0.228 e. The summed E-state index contributed by atoms with van der Waals surface area (Å²) < 4.78 is 0. The summed E-state index contributed by atoms with van der Waals surface area (Å²) in [6.07, 6.45) is 0. The summed E-state index contributed by atoms with van der Waals surface area (Å²) in [5, 5.41) is 1.06. The monoisotopic (exact) mass is 1860 g/mol. The van der Waals surface area contributed by atoms with Crippen molar-refractivity contribution >= 4 is 46.2 Å². The summed E-state index contributed by atoms with van der Waals surface area (Å²) in [7, 11) is 0. The Kier molecular flexibility index (Phi) is 20.6. The topological polar surface area (TPSA) is 90.2 Å². The lowest BCUT2D eigenvalue weighted by atomic mass is 9.67. The number of para-hydroxylation sites is 1. The van der Waals surface area contributed by atoms with Gasteiger partial charge in [-0.3, -0.25) is 0 Å². The first kappa shape index (κ1) is 84.2. The highest BCUT2D eigenvalue weighted by Crippen LogP contribution is 2.68. The lowest BCUT2D eigenvalue weighted by Crippen LogP contribution is -2.31. The molecule has 0 radical (unpaired) electrons. The fourth-order valence-corrected chi connectivity index (χ4v) is 26.6. The van der Waals surface area contributed by atoms with E-state index in [4.69, 9.17) is 34.9 Å². The van der Waals surface area contributed by atoms with Crippen LogP contribution in [0.5, 0.6) is 0 Å². The molecule has 23 aromatic rings. The Hall–Kier alpha value is -17.1. The standard InChI is InChI=1S/C47H30N2S.C46H29N3S.C39H24N2S/c1-3-14-31(15-4-1)32-26-28-34(29-27-32)42-30-41(33-16-5-2-6-17-33)48-46(49-42)36-19-13-23-40-45(36)35-18-7-8-20-37(35)47(40)38-21-9-11-24-43(38)50-44-25-12-10-22-39(44)47;1-3-14-30(15-4-1)31-26-28-33(29-27-31)44-47-43(32-16-5-2-6-17-32)48-45(49-44)35-19-13-23-39-42(35)34-18-7-8-20-36(34)46(39)37-21-9-11-24-40(37)50-41-25-12-10-22-38(41)46;1-2-13-25(14-3-1)37-27-16-5-9-22-33(27)40-38(41-37)28-17-12-21-32-36(28)26-15-4-6-18-29(26)39(32)30-19-7-10-23-34(30)42-35-24-11-8-20-31(35)39/h1-30H;1-29H;1-24H. The minimum atomic E-state index is -0.467. The van der Waals surface area contributed by atoms with Crippen LogP contribution in [0.1, 0.15) is 66.8 Å². The fraction of sp³-hybridized carbons (Fsp3) is 0.0227. The predicted molar refractivity (Wildman–Crippen MR) is 580 cm³/mol. The van der Waals surface area contributed by atoms with Crippen molar-refractivity contribution in [2.45, 2.75) is 45.6 Å². The van der Waals surface area contributed by atoms with Gasteiger partial charge in [0.15, 0.2) is 29.1 Å². The molecule has 0 saturated heterocycles. The second-order valence-electron chi connectivity index (χ2n) is 36.5. The van der Waals surface area contributed by atoms with Crippen molar-refractivity contribution in [3.05, 3.63) is 570 Å². The van der Waals surface area contributed by atoms with E-state index in [-0.39, 0.29) is 0 Å². The molecule has 29 rings (SSSR count). The van der Waals surface area contributed by atoms with Gasteiger partial charge in [-0.2, -0.15) is 0 Å². The van der Waals surface area contributed by atoms with Crippen LogP contribution in [0.25, 0.3) is 157 Å². The quantitative estimate of drug-likeness (QED) is 0.132. The molecule has 0 bridgehead atoms. The third-order valence-corrected chi connectivity index (χ3v) is 32.4. The molecule has 3 spiro atoms. The third kappa shape index (κ3) is 13.6. The number of fused-ring (bicyclic) bond motifs is 28. The molecular formula is C132H83N7S3. The van der Waals surface area contributed by atoms with Crippen molar-refractivity contribution in [3.63, 3.8) is 0 Å². The molecule has 6 heterocycles. The normalized spacial score (nSPS) is 13.4. The highest BCUT2D eigenvalue weighted by atomic mass is 32.2. The van der Waals surface area contributed by atoms with Gasteiger partial charge < -0.3 is 0 Å². The van der Waals surface area contributed by atoms with Gasteiger partial charge in [-0.15, -0.1) is 0 Å². The van der Waals surface area contributed by atoms with Gasteiger partial charge in [-0.05, 0) is 171 Å². The predicted octanol–water partition coefficient (Wildman–Crippen LogP) is 33.1. The number of rotatable bonds is 10. The molecule has 3 aromatic heterocycles. The van der Waals surface area contributed by atoms with Crippen molar-refractivity contribution in [1.82, 2.24) is 34.9 Å². The Morgan fingerprint density at radius 2 is 0.387 bits per heavy atom. The van der Waals surface area contributed by atoms with Gasteiger partial charge in [-0.25, -0.2) is 34.9 Å². The smallest absolute Gasteiger partial charge is 0.164 e. The van der Waals surface area contributed by atoms with Crippen molar-refractivity contribution in [3.8, 4) is 146 Å². The average Bonchev–Trinajstić information content (AvgIpc) is 1.52. The summed E-state index contributed by atoms with van der Waals surface area (Å²) in [6.45, 7) is 0. The Bertz CT molecular complexity index is 8450. The van der Waals surface area contributed by atoms with Crippen LogP contribution in [0.15, 0.2) is 533 Å². The zero-order valence-electron chi connectivity index (χ0n) is 76.8. The van der Waals surface area contributed by atoms with E-state index in [2.05, 4.69) is 467 Å². The summed E-state index contributed by atoms with van der Waals surface area (Å²) in [5.74, 6) is 3.45. The Balaban J connectivity index is 0.000000107. The molecule has 0 N–H and O–H groups in total. The maximum absolute atomic E-state index is 5.36. The molecule has 0 saturated carbocycles. The molecule has 0 amide bonds. The van der Waals surface area contributed by atoms with E-state index in [1.165, 1.54) is 146 Å². The minimum absolute atomic E-state index is 0.417. The fourth-order valence-electron chi connectivity index (χ4n) is 23.0. The van der Waals surface area contributed by atoms with Crippen LogP contribution >= 0.6 is 35.3 Å². The van der Waals surface area contributed by atoms with Gasteiger partial charge in [0.05, 0.1) is 38.8 Å². The SMILES string of the molecule is c1ccc(-c2ccc(-c3cc(-c4ccccc4)nc(-c4cccc5c4-c4ccccc4C54c5ccccc5Sc5ccccc54)n3)cc2)cc1.c1ccc(-c2ccc(-c3nc(-c4ccccc4)nc(-c4cccc5c4-c4ccccc4C54c5ccccc5Sc5ccccc54)n3)cc2)cc1.c1ccc(-c2nc(-c3cccc4c3-c3ccccc3C43c4ccccc4Sc4ccccc43)nc3ccccc23)cc1. The van der Waals surface area contributed by atoms with Crippen molar-refractivity contribution in [1.29, 1.82) is 0 Å².